The number of nitrogens with zero attached hydrogens (tertiary/aromatic N) is 2. The van der Waals surface area contributed by atoms with Gasteiger partial charge in [-0.15, -0.1) is 0 Å². The molecule has 0 bridgehead atoms. The molecule has 0 radical (unpaired) electrons. The highest BCUT2D eigenvalue weighted by Gasteiger charge is 2.13. The van der Waals surface area contributed by atoms with E-state index in [1.807, 2.05) is 28.8 Å². The van der Waals surface area contributed by atoms with Crippen molar-refractivity contribution >= 4 is 16.9 Å². The minimum absolute atomic E-state index is 0.372. The standard InChI is InChI=1S/C15H21N3O/c1-2-3-4-5-8-11-18-13-10-7-6-9-12(13)17-15(18)14(16)19/h6-7,9-10H,2-5,8,11H2,1H3,(H2,16,19). The number of carbonyl (C=O) groups excluding carboxylic acids is 1. The van der Waals surface area contributed by atoms with Crippen molar-refractivity contribution in [1.29, 1.82) is 0 Å². The molecule has 0 spiro atoms. The van der Waals surface area contributed by atoms with Crippen LogP contribution in [0.25, 0.3) is 11.0 Å². The minimum atomic E-state index is -0.454. The Hall–Kier alpha value is -1.84. The van der Waals surface area contributed by atoms with Crippen molar-refractivity contribution in [3.05, 3.63) is 30.1 Å². The quantitative estimate of drug-likeness (QED) is 0.777. The Balaban J connectivity index is 2.15. The van der Waals surface area contributed by atoms with Crippen LogP contribution in [0.5, 0.6) is 0 Å². The number of hydrogen-bond acceptors (Lipinski definition) is 2. The molecule has 0 fully saturated rings. The van der Waals surface area contributed by atoms with E-state index in [2.05, 4.69) is 11.9 Å². The fraction of sp³-hybridized carbons (Fsp3) is 0.467. The smallest absolute Gasteiger partial charge is 0.284 e. The van der Waals surface area contributed by atoms with Crippen molar-refractivity contribution in [3.63, 3.8) is 0 Å². The molecule has 0 unspecified atom stereocenters. The molecular weight excluding hydrogens is 238 g/mol. The van der Waals surface area contributed by atoms with Gasteiger partial charge in [-0.05, 0) is 18.6 Å². The van der Waals surface area contributed by atoms with Crippen LogP contribution in [0.1, 0.15) is 49.6 Å². The second-order valence-electron chi connectivity index (χ2n) is 4.85. The first-order chi connectivity index (χ1) is 9.24. The van der Waals surface area contributed by atoms with Crippen LogP contribution in [0.3, 0.4) is 0 Å². The van der Waals surface area contributed by atoms with E-state index in [1.165, 1.54) is 25.7 Å². The number of rotatable bonds is 7. The van der Waals surface area contributed by atoms with Crippen LogP contribution < -0.4 is 5.73 Å². The van der Waals surface area contributed by atoms with Gasteiger partial charge in [0.05, 0.1) is 11.0 Å². The summed E-state index contributed by atoms with van der Waals surface area (Å²) in [4.78, 5) is 15.8. The maximum absolute atomic E-state index is 11.5. The molecule has 0 atom stereocenters. The lowest BCUT2D eigenvalue weighted by Gasteiger charge is -2.07. The monoisotopic (exact) mass is 259 g/mol. The summed E-state index contributed by atoms with van der Waals surface area (Å²) in [5, 5.41) is 0. The first-order valence-electron chi connectivity index (χ1n) is 6.99. The predicted octanol–water partition coefficient (Wildman–Crippen LogP) is 3.11. The van der Waals surface area contributed by atoms with Gasteiger partial charge in [0.2, 0.25) is 0 Å². The van der Waals surface area contributed by atoms with E-state index in [9.17, 15) is 4.79 Å². The van der Waals surface area contributed by atoms with E-state index in [0.717, 1.165) is 24.0 Å². The highest BCUT2D eigenvalue weighted by molar-refractivity contribution is 5.93. The summed E-state index contributed by atoms with van der Waals surface area (Å²) < 4.78 is 1.95. The number of amides is 1. The summed E-state index contributed by atoms with van der Waals surface area (Å²) >= 11 is 0. The van der Waals surface area contributed by atoms with Crippen molar-refractivity contribution in [1.82, 2.24) is 9.55 Å². The molecule has 4 nitrogen and oxygen atoms in total. The molecule has 0 aliphatic carbocycles. The lowest BCUT2D eigenvalue weighted by Crippen LogP contribution is -2.18. The maximum Gasteiger partial charge on any atom is 0.284 e. The van der Waals surface area contributed by atoms with Crippen molar-refractivity contribution in [3.8, 4) is 0 Å². The Labute approximate surface area is 113 Å². The van der Waals surface area contributed by atoms with E-state index in [-0.39, 0.29) is 0 Å². The van der Waals surface area contributed by atoms with Gasteiger partial charge in [0, 0.05) is 6.54 Å². The summed E-state index contributed by atoms with van der Waals surface area (Å²) in [6.07, 6.45) is 5.99. The zero-order valence-corrected chi connectivity index (χ0v) is 11.4. The highest BCUT2D eigenvalue weighted by Crippen LogP contribution is 2.17. The molecule has 0 aliphatic rings. The predicted molar refractivity (Wildman–Crippen MR) is 77.0 cm³/mol. The van der Waals surface area contributed by atoms with Gasteiger partial charge in [-0.3, -0.25) is 4.79 Å². The third-order valence-electron chi connectivity index (χ3n) is 3.36. The topological polar surface area (TPSA) is 60.9 Å². The number of fused-ring (bicyclic) bond motifs is 1. The lowest BCUT2D eigenvalue weighted by atomic mass is 10.1. The molecule has 1 aromatic carbocycles. The van der Waals surface area contributed by atoms with E-state index in [0.29, 0.717) is 5.82 Å². The van der Waals surface area contributed by atoms with Gasteiger partial charge in [-0.2, -0.15) is 0 Å². The number of imidazole rings is 1. The van der Waals surface area contributed by atoms with Gasteiger partial charge in [0.15, 0.2) is 5.82 Å². The van der Waals surface area contributed by atoms with E-state index >= 15 is 0 Å². The van der Waals surface area contributed by atoms with Crippen LogP contribution in [0.15, 0.2) is 24.3 Å². The van der Waals surface area contributed by atoms with Gasteiger partial charge < -0.3 is 10.3 Å². The number of primary amides is 1. The molecule has 4 heteroatoms. The molecule has 2 rings (SSSR count). The summed E-state index contributed by atoms with van der Waals surface area (Å²) in [5.41, 5.74) is 7.24. The van der Waals surface area contributed by atoms with Crippen LogP contribution >= 0.6 is 0 Å². The van der Waals surface area contributed by atoms with Crippen LogP contribution in [0.4, 0.5) is 0 Å². The van der Waals surface area contributed by atoms with Crippen molar-refractivity contribution < 1.29 is 4.79 Å². The van der Waals surface area contributed by atoms with Crippen LogP contribution in [-0.2, 0) is 6.54 Å². The molecule has 2 aromatic rings. The number of hydrogen-bond donors (Lipinski definition) is 1. The van der Waals surface area contributed by atoms with Crippen molar-refractivity contribution in [2.45, 2.75) is 45.6 Å². The molecule has 0 saturated heterocycles. The highest BCUT2D eigenvalue weighted by atomic mass is 16.1. The number of carbonyl (C=O) groups is 1. The Morgan fingerprint density at radius 3 is 2.68 bits per heavy atom. The third kappa shape index (κ3) is 3.13. The number of para-hydroxylation sites is 2. The van der Waals surface area contributed by atoms with Crippen LogP contribution in [-0.4, -0.2) is 15.5 Å². The molecule has 2 N–H and O–H groups in total. The van der Waals surface area contributed by atoms with Crippen LogP contribution in [0.2, 0.25) is 0 Å². The van der Waals surface area contributed by atoms with Crippen LogP contribution in [0, 0.1) is 0 Å². The zero-order chi connectivity index (χ0) is 13.7. The Bertz CT molecular complexity index is 560. The molecular formula is C15H21N3O. The summed E-state index contributed by atoms with van der Waals surface area (Å²) in [6.45, 7) is 3.01. The molecule has 102 valence electrons. The summed E-state index contributed by atoms with van der Waals surface area (Å²) in [5.74, 6) is -0.0820. The normalized spacial score (nSPS) is 11.0. The van der Waals surface area contributed by atoms with Gasteiger partial charge in [0.25, 0.3) is 5.91 Å². The van der Waals surface area contributed by atoms with Gasteiger partial charge in [-0.25, -0.2) is 4.98 Å². The molecule has 0 saturated carbocycles. The average Bonchev–Trinajstić information content (AvgIpc) is 2.78. The first-order valence-corrected chi connectivity index (χ1v) is 6.99. The SMILES string of the molecule is CCCCCCCn1c(C(N)=O)nc2ccccc21. The number of benzene rings is 1. The van der Waals surface area contributed by atoms with Gasteiger partial charge in [-0.1, -0.05) is 44.7 Å². The number of aromatic nitrogens is 2. The van der Waals surface area contributed by atoms with Gasteiger partial charge >= 0.3 is 0 Å². The van der Waals surface area contributed by atoms with E-state index in [1.54, 1.807) is 0 Å². The Morgan fingerprint density at radius 2 is 1.95 bits per heavy atom. The van der Waals surface area contributed by atoms with E-state index < -0.39 is 5.91 Å². The zero-order valence-electron chi connectivity index (χ0n) is 11.4. The largest absolute Gasteiger partial charge is 0.363 e. The fourth-order valence-corrected chi connectivity index (χ4v) is 2.36. The lowest BCUT2D eigenvalue weighted by molar-refractivity contribution is 0.0986. The maximum atomic E-state index is 11.5. The minimum Gasteiger partial charge on any atom is -0.363 e. The fourth-order valence-electron chi connectivity index (χ4n) is 2.36. The van der Waals surface area contributed by atoms with Crippen molar-refractivity contribution in [2.24, 2.45) is 5.73 Å². The Kier molecular flexibility index (Phi) is 4.55. The summed E-state index contributed by atoms with van der Waals surface area (Å²) in [7, 11) is 0. The summed E-state index contributed by atoms with van der Waals surface area (Å²) in [6, 6.07) is 7.78. The number of aryl methyl sites for hydroxylation is 1. The Morgan fingerprint density at radius 1 is 1.21 bits per heavy atom. The van der Waals surface area contributed by atoms with E-state index in [4.69, 9.17) is 5.73 Å². The van der Waals surface area contributed by atoms with Crippen molar-refractivity contribution in [2.75, 3.05) is 0 Å². The molecule has 1 aromatic heterocycles. The number of unbranched alkanes of at least 4 members (excludes halogenated alkanes) is 4. The second-order valence-corrected chi connectivity index (χ2v) is 4.85. The number of nitrogens with two attached hydrogens (primary N) is 1. The first kappa shape index (κ1) is 13.6. The average molecular weight is 259 g/mol. The second kappa shape index (κ2) is 6.36. The molecule has 1 amide bonds. The van der Waals surface area contributed by atoms with Gasteiger partial charge in [0.1, 0.15) is 0 Å². The molecule has 0 aliphatic heterocycles. The molecule has 1 heterocycles. The molecule has 19 heavy (non-hydrogen) atoms. The third-order valence-corrected chi connectivity index (χ3v) is 3.36.